The first-order chi connectivity index (χ1) is 57.4. The highest BCUT2D eigenvalue weighted by Crippen LogP contribution is 2.46. The third-order valence-corrected chi connectivity index (χ3v) is 20.8. The zero-order valence-electron chi connectivity index (χ0n) is 62.3. The van der Waals surface area contributed by atoms with E-state index in [9.17, 15) is 5.26 Å². The maximum absolute atomic E-state index is 15.3. The molecule has 0 bridgehead atoms. The van der Waals surface area contributed by atoms with Crippen LogP contribution in [0.3, 0.4) is 0 Å². The van der Waals surface area contributed by atoms with Gasteiger partial charge in [-0.05, 0) is 115 Å². The molecule has 18 heteroatoms. The van der Waals surface area contributed by atoms with Crippen molar-refractivity contribution in [1.82, 2.24) is 68.9 Å². The van der Waals surface area contributed by atoms with Gasteiger partial charge < -0.3 is 9.13 Å². The highest BCUT2D eigenvalue weighted by atomic mass is 19.4. The first-order valence-corrected chi connectivity index (χ1v) is 37.9. The molecule has 0 N–H and O–H groups in total. The van der Waals surface area contributed by atoms with Crippen LogP contribution >= 0.6 is 0 Å². The number of rotatable bonds is 15. The predicted molar refractivity (Wildman–Crippen MR) is 454 cm³/mol. The molecule has 0 radical (unpaired) electrons. The number of hydrogen-bond acceptors (Lipinski definition) is 13. The second-order valence-corrected chi connectivity index (χ2v) is 28.3. The number of benzene rings is 14. The minimum absolute atomic E-state index is 0.108. The Morgan fingerprint density at radius 2 is 0.462 bits per heavy atom. The average Bonchev–Trinajstić information content (AvgIpc) is 1.56. The minimum atomic E-state index is -4.73. The predicted octanol–water partition coefficient (Wildman–Crippen LogP) is 23.5. The molecular formula is C99H60F3N15. The lowest BCUT2D eigenvalue weighted by Crippen LogP contribution is -2.07. The van der Waals surface area contributed by atoms with E-state index in [0.29, 0.717) is 131 Å². The Kier molecular flexibility index (Phi) is 17.5. The molecule has 0 spiro atoms. The molecule has 0 aliphatic rings. The van der Waals surface area contributed by atoms with E-state index in [2.05, 4.69) is 39.5 Å². The highest BCUT2D eigenvalue weighted by molar-refractivity contribution is 6.14. The molecule has 0 amide bonds. The molecule has 0 fully saturated rings. The number of fused-ring (bicyclic) bond motifs is 6. The van der Waals surface area contributed by atoms with Gasteiger partial charge in [0.05, 0.1) is 50.6 Å². The Morgan fingerprint density at radius 1 is 0.239 bits per heavy atom. The summed E-state index contributed by atoms with van der Waals surface area (Å²) in [6, 6.07) is 113. The second-order valence-electron chi connectivity index (χ2n) is 28.3. The molecule has 20 aromatic rings. The molecule has 14 aromatic carbocycles. The second kappa shape index (κ2) is 29.3. The fourth-order valence-electron chi connectivity index (χ4n) is 15.2. The number of aromatic nitrogens is 14. The summed E-state index contributed by atoms with van der Waals surface area (Å²) in [5.74, 6) is 5.39. The number of aryl methyl sites for hydroxylation is 1. The van der Waals surface area contributed by atoms with E-state index in [1.165, 1.54) is 0 Å². The smallest absolute Gasteiger partial charge is 0.307 e. The van der Waals surface area contributed by atoms with Crippen molar-refractivity contribution in [2.45, 2.75) is 13.1 Å². The van der Waals surface area contributed by atoms with Crippen LogP contribution in [0.15, 0.2) is 346 Å². The van der Waals surface area contributed by atoms with E-state index < -0.39 is 11.7 Å². The fourth-order valence-corrected chi connectivity index (χ4v) is 15.2. The van der Waals surface area contributed by atoms with Gasteiger partial charge in [-0.25, -0.2) is 59.8 Å². The van der Waals surface area contributed by atoms with Crippen LogP contribution in [0, 0.1) is 18.3 Å². The standard InChI is InChI=1S/C99H60F3N15/c1-60-50-73(52-75(51-60)99(100,101)102)76-58-86(117-83-48-44-71(97-112-91(65-34-18-6-19-35-65)106-92(113-97)66-36-20-7-21-37-66)55-79(83)80-56-72(45-49-84(80)117)98-114-93(67-38-22-8-23-39-67)107-94(115-98)68-40-24-9-25-41-68)85(57-74(76)59-103)116-81-46-42-69(95-108-87(61-26-10-2-11-27-61)104-88(109-95)62-28-12-3-13-29-62)53-77(81)78-54-70(43-47-82(78)116)96-110-89(63-30-14-4-15-31-63)105-90(111-96)64-32-16-5-17-33-64/h2-58H,1H3. The van der Waals surface area contributed by atoms with Crippen LogP contribution in [-0.2, 0) is 6.18 Å². The lowest BCUT2D eigenvalue weighted by atomic mass is 9.95. The zero-order chi connectivity index (χ0) is 78.7. The Bertz CT molecular complexity index is 6690. The Morgan fingerprint density at radius 3 is 0.684 bits per heavy atom. The van der Waals surface area contributed by atoms with Crippen molar-refractivity contribution in [1.29, 1.82) is 5.26 Å². The van der Waals surface area contributed by atoms with Crippen LogP contribution in [0.25, 0.3) is 203 Å². The van der Waals surface area contributed by atoms with Gasteiger partial charge >= 0.3 is 6.18 Å². The van der Waals surface area contributed by atoms with Crippen LogP contribution in [0.1, 0.15) is 16.7 Å². The summed E-state index contributed by atoms with van der Waals surface area (Å²) in [4.78, 5) is 62.0. The fraction of sp³-hybridized carbons (Fsp3) is 0.0202. The number of nitrogens with zero attached hydrogens (tertiary/aromatic N) is 15. The van der Waals surface area contributed by atoms with Gasteiger partial charge in [0.15, 0.2) is 69.9 Å². The Hall–Kier alpha value is -16.0. The third-order valence-electron chi connectivity index (χ3n) is 20.8. The number of nitriles is 1. The summed E-state index contributed by atoms with van der Waals surface area (Å²) in [5, 5.41) is 14.8. The Balaban J connectivity index is 0.885. The largest absolute Gasteiger partial charge is 0.416 e. The summed E-state index contributed by atoms with van der Waals surface area (Å²) in [5.41, 5.74) is 12.8. The number of halogens is 3. The van der Waals surface area contributed by atoms with E-state index in [1.807, 2.05) is 297 Å². The van der Waals surface area contributed by atoms with Crippen LogP contribution in [0.4, 0.5) is 13.2 Å². The quantitative estimate of drug-likeness (QED) is 0.0944. The summed E-state index contributed by atoms with van der Waals surface area (Å²) < 4.78 is 50.2. The molecule has 6 aromatic heterocycles. The molecule has 0 saturated carbocycles. The van der Waals surface area contributed by atoms with Crippen molar-refractivity contribution in [2.75, 3.05) is 0 Å². The average molecular weight is 1520 g/mol. The molecule has 0 aliphatic carbocycles. The SMILES string of the molecule is Cc1cc(-c2cc(-n3c4ccc(-c5nc(-c6ccccc6)nc(-c6ccccc6)n5)cc4c4cc(-c5nc(-c6ccccc6)nc(-c6ccccc6)n5)ccc43)c(-n3c4ccc(-c5nc(-c6ccccc6)nc(-c6ccccc6)n5)cc4c4cc(-c5nc(-c6ccccc6)nc(-c6ccccc6)n5)ccc43)cc2C#N)cc(C(F)(F)F)c1. The topological polar surface area (TPSA) is 188 Å². The van der Waals surface area contributed by atoms with Gasteiger partial charge in [-0.2, -0.15) is 18.4 Å². The molecular weight excluding hydrogens is 1460 g/mol. The van der Waals surface area contributed by atoms with Crippen LogP contribution in [0.2, 0.25) is 0 Å². The maximum Gasteiger partial charge on any atom is 0.416 e. The van der Waals surface area contributed by atoms with E-state index >= 15 is 13.2 Å². The summed E-state index contributed by atoms with van der Waals surface area (Å²) >= 11 is 0. The van der Waals surface area contributed by atoms with Crippen molar-refractivity contribution < 1.29 is 13.2 Å². The van der Waals surface area contributed by atoms with Gasteiger partial charge in [-0.1, -0.05) is 249 Å². The number of hydrogen-bond donors (Lipinski definition) is 0. The maximum atomic E-state index is 15.3. The first kappa shape index (κ1) is 70.1. The van der Waals surface area contributed by atoms with Crippen molar-refractivity contribution >= 4 is 43.6 Å². The van der Waals surface area contributed by atoms with E-state index in [1.54, 1.807) is 19.1 Å². The normalized spacial score (nSPS) is 11.6. The van der Waals surface area contributed by atoms with Crippen LogP contribution < -0.4 is 0 Å². The van der Waals surface area contributed by atoms with Gasteiger partial charge in [-0.3, -0.25) is 0 Å². The van der Waals surface area contributed by atoms with Gasteiger partial charge in [0.1, 0.15) is 0 Å². The van der Waals surface area contributed by atoms with Crippen LogP contribution in [-0.4, -0.2) is 68.9 Å². The lowest BCUT2D eigenvalue weighted by molar-refractivity contribution is -0.137. The van der Waals surface area contributed by atoms with E-state index in [0.717, 1.165) is 78.2 Å². The first-order valence-electron chi connectivity index (χ1n) is 37.9. The zero-order valence-corrected chi connectivity index (χ0v) is 62.3. The van der Waals surface area contributed by atoms with E-state index in [4.69, 9.17) is 59.8 Å². The van der Waals surface area contributed by atoms with Gasteiger partial charge in [-0.15, -0.1) is 0 Å². The third kappa shape index (κ3) is 13.4. The molecule has 0 saturated heterocycles. The molecule has 6 heterocycles. The van der Waals surface area contributed by atoms with Crippen molar-refractivity contribution in [3.8, 4) is 165 Å². The summed E-state index contributed by atoms with van der Waals surface area (Å²) in [7, 11) is 0. The van der Waals surface area contributed by atoms with E-state index in [-0.39, 0.29) is 16.7 Å². The van der Waals surface area contributed by atoms with Gasteiger partial charge in [0, 0.05) is 93.9 Å². The molecule has 552 valence electrons. The van der Waals surface area contributed by atoms with Gasteiger partial charge in [0.25, 0.3) is 0 Å². The van der Waals surface area contributed by atoms with Crippen molar-refractivity contribution in [3.63, 3.8) is 0 Å². The Labute approximate surface area is 667 Å². The monoisotopic (exact) mass is 1520 g/mol. The van der Waals surface area contributed by atoms with Gasteiger partial charge in [0.2, 0.25) is 0 Å². The lowest BCUT2D eigenvalue weighted by Gasteiger charge is -2.20. The molecule has 0 unspecified atom stereocenters. The van der Waals surface area contributed by atoms with Crippen LogP contribution in [0.5, 0.6) is 0 Å². The summed E-state index contributed by atoms with van der Waals surface area (Å²) in [6.45, 7) is 1.63. The highest BCUT2D eigenvalue weighted by Gasteiger charge is 2.33. The summed E-state index contributed by atoms with van der Waals surface area (Å²) in [6.07, 6.45) is -4.73. The minimum Gasteiger partial charge on any atom is -0.307 e. The molecule has 20 rings (SSSR count). The van der Waals surface area contributed by atoms with Crippen molar-refractivity contribution in [2.24, 2.45) is 0 Å². The number of alkyl halides is 3. The van der Waals surface area contributed by atoms with Crippen molar-refractivity contribution in [3.05, 3.63) is 362 Å². The molecule has 0 atom stereocenters. The molecule has 0 aliphatic heterocycles. The molecule has 15 nitrogen and oxygen atoms in total. The molecule has 117 heavy (non-hydrogen) atoms.